The van der Waals surface area contributed by atoms with E-state index >= 15 is 0 Å². The molecule has 0 unspecified atom stereocenters. The van der Waals surface area contributed by atoms with Crippen molar-refractivity contribution in [1.82, 2.24) is 4.98 Å². The van der Waals surface area contributed by atoms with E-state index in [0.29, 0.717) is 28.9 Å². The van der Waals surface area contributed by atoms with Gasteiger partial charge in [0.15, 0.2) is 0 Å². The molecule has 110 valence electrons. The summed E-state index contributed by atoms with van der Waals surface area (Å²) < 4.78 is 1.00. The van der Waals surface area contributed by atoms with E-state index < -0.39 is 4.92 Å². The van der Waals surface area contributed by atoms with Gasteiger partial charge in [0.05, 0.1) is 27.8 Å². The lowest BCUT2D eigenvalue weighted by molar-refractivity contribution is -0.384. The molecule has 0 aliphatic rings. The summed E-state index contributed by atoms with van der Waals surface area (Å²) in [6.07, 6.45) is 0. The molecular weight excluding hydrogens is 407 g/mol. The highest BCUT2D eigenvalue weighted by atomic mass is 127. The number of anilines is 3. The summed E-state index contributed by atoms with van der Waals surface area (Å²) in [5.74, 6) is 0.805. The lowest BCUT2D eigenvalue weighted by Crippen LogP contribution is -2.03. The van der Waals surface area contributed by atoms with Crippen LogP contribution < -0.4 is 10.6 Å². The number of hydrogen-bond donors (Lipinski definition) is 2. The molecular formula is C13H12ClIN4O2. The molecule has 0 fully saturated rings. The SMILES string of the molecule is CCNc1cc([N+](=O)[O-])cc(Nc2ccc(I)cc2Cl)n1. The molecule has 0 aliphatic carbocycles. The first kappa shape index (κ1) is 15.8. The third-order valence-corrected chi connectivity index (χ3v) is 3.56. The van der Waals surface area contributed by atoms with Gasteiger partial charge in [-0.05, 0) is 47.7 Å². The maximum absolute atomic E-state index is 11.0. The zero-order valence-electron chi connectivity index (χ0n) is 11.1. The van der Waals surface area contributed by atoms with Crippen LogP contribution in [0.3, 0.4) is 0 Å². The maximum Gasteiger partial charge on any atom is 0.276 e. The van der Waals surface area contributed by atoms with Crippen LogP contribution in [0.15, 0.2) is 30.3 Å². The minimum atomic E-state index is -0.455. The van der Waals surface area contributed by atoms with E-state index in [2.05, 4.69) is 38.2 Å². The van der Waals surface area contributed by atoms with Gasteiger partial charge in [-0.25, -0.2) is 4.98 Å². The average molecular weight is 419 g/mol. The van der Waals surface area contributed by atoms with Gasteiger partial charge in [-0.2, -0.15) is 0 Å². The van der Waals surface area contributed by atoms with Crippen LogP contribution in [-0.4, -0.2) is 16.5 Å². The van der Waals surface area contributed by atoms with Crippen LogP contribution in [0, 0.1) is 13.7 Å². The van der Waals surface area contributed by atoms with E-state index in [1.54, 1.807) is 12.1 Å². The molecule has 1 aromatic carbocycles. The number of pyridine rings is 1. The van der Waals surface area contributed by atoms with Gasteiger partial charge in [0, 0.05) is 10.1 Å². The fourth-order valence-corrected chi connectivity index (χ4v) is 2.59. The summed E-state index contributed by atoms with van der Waals surface area (Å²) in [6.45, 7) is 2.52. The molecule has 21 heavy (non-hydrogen) atoms. The quantitative estimate of drug-likeness (QED) is 0.427. The molecule has 0 amide bonds. The Kier molecular flexibility index (Phi) is 5.18. The van der Waals surface area contributed by atoms with Crippen LogP contribution in [-0.2, 0) is 0 Å². The fourth-order valence-electron chi connectivity index (χ4n) is 1.69. The van der Waals surface area contributed by atoms with Crippen LogP contribution in [0.25, 0.3) is 0 Å². The van der Waals surface area contributed by atoms with Crippen LogP contribution in [0.5, 0.6) is 0 Å². The highest BCUT2D eigenvalue weighted by Gasteiger charge is 2.12. The van der Waals surface area contributed by atoms with Crippen LogP contribution in [0.2, 0.25) is 5.02 Å². The molecule has 0 radical (unpaired) electrons. The summed E-state index contributed by atoms with van der Waals surface area (Å²) in [5, 5.41) is 17.5. The van der Waals surface area contributed by atoms with Gasteiger partial charge in [0.1, 0.15) is 11.6 Å². The zero-order chi connectivity index (χ0) is 15.4. The number of nitrogens with one attached hydrogen (secondary N) is 2. The Hall–Kier alpha value is -1.61. The molecule has 0 spiro atoms. The molecule has 1 aromatic heterocycles. The van der Waals surface area contributed by atoms with E-state index in [1.165, 1.54) is 12.1 Å². The molecule has 0 saturated carbocycles. The molecule has 0 bridgehead atoms. The molecule has 0 atom stereocenters. The van der Waals surface area contributed by atoms with Crippen molar-refractivity contribution >= 4 is 57.2 Å². The van der Waals surface area contributed by atoms with Gasteiger partial charge < -0.3 is 10.6 Å². The van der Waals surface area contributed by atoms with Crippen molar-refractivity contribution in [3.63, 3.8) is 0 Å². The Morgan fingerprint density at radius 1 is 1.33 bits per heavy atom. The Bertz CT molecular complexity index is 681. The van der Waals surface area contributed by atoms with Crippen molar-refractivity contribution in [2.75, 3.05) is 17.2 Å². The van der Waals surface area contributed by atoms with Crippen LogP contribution in [0.1, 0.15) is 6.92 Å². The lowest BCUT2D eigenvalue weighted by Gasteiger charge is -2.10. The van der Waals surface area contributed by atoms with Gasteiger partial charge >= 0.3 is 0 Å². The Morgan fingerprint density at radius 2 is 2.05 bits per heavy atom. The van der Waals surface area contributed by atoms with E-state index in [0.717, 1.165) is 3.57 Å². The second kappa shape index (κ2) is 6.90. The fraction of sp³-hybridized carbons (Fsp3) is 0.154. The summed E-state index contributed by atoms with van der Waals surface area (Å²) in [6, 6.07) is 8.25. The van der Waals surface area contributed by atoms with Crippen molar-refractivity contribution in [2.24, 2.45) is 0 Å². The first-order valence-electron chi connectivity index (χ1n) is 6.12. The zero-order valence-corrected chi connectivity index (χ0v) is 14.0. The topological polar surface area (TPSA) is 80.1 Å². The number of rotatable bonds is 5. The molecule has 0 aliphatic heterocycles. The average Bonchev–Trinajstić information content (AvgIpc) is 2.42. The first-order chi connectivity index (χ1) is 9.99. The van der Waals surface area contributed by atoms with Crippen LogP contribution >= 0.6 is 34.2 Å². The van der Waals surface area contributed by atoms with E-state index in [1.807, 2.05) is 13.0 Å². The molecule has 2 N–H and O–H groups in total. The Morgan fingerprint density at radius 3 is 2.67 bits per heavy atom. The summed E-state index contributed by atoms with van der Waals surface area (Å²) in [5.41, 5.74) is 0.609. The number of benzene rings is 1. The van der Waals surface area contributed by atoms with Gasteiger partial charge in [-0.15, -0.1) is 0 Å². The minimum Gasteiger partial charge on any atom is -0.370 e. The molecule has 2 aromatic rings. The monoisotopic (exact) mass is 418 g/mol. The van der Waals surface area contributed by atoms with Crippen molar-refractivity contribution < 1.29 is 4.92 Å². The molecule has 8 heteroatoms. The largest absolute Gasteiger partial charge is 0.370 e. The molecule has 0 saturated heterocycles. The van der Waals surface area contributed by atoms with Gasteiger partial charge in [-0.1, -0.05) is 11.6 Å². The highest BCUT2D eigenvalue weighted by Crippen LogP contribution is 2.28. The predicted octanol–water partition coefficient (Wildman–Crippen LogP) is 4.42. The third kappa shape index (κ3) is 4.18. The number of hydrogen-bond acceptors (Lipinski definition) is 5. The van der Waals surface area contributed by atoms with Crippen LogP contribution in [0.4, 0.5) is 23.0 Å². The summed E-state index contributed by atoms with van der Waals surface area (Å²) >= 11 is 8.29. The summed E-state index contributed by atoms with van der Waals surface area (Å²) in [7, 11) is 0. The Labute approximate surface area is 140 Å². The normalized spacial score (nSPS) is 10.2. The minimum absolute atomic E-state index is 0.0370. The van der Waals surface area contributed by atoms with E-state index in [9.17, 15) is 10.1 Å². The van der Waals surface area contributed by atoms with Crippen molar-refractivity contribution in [3.8, 4) is 0 Å². The summed E-state index contributed by atoms with van der Waals surface area (Å²) in [4.78, 5) is 14.8. The number of nitrogens with zero attached hydrogens (tertiary/aromatic N) is 2. The van der Waals surface area contributed by atoms with Crippen molar-refractivity contribution in [1.29, 1.82) is 0 Å². The van der Waals surface area contributed by atoms with Gasteiger partial charge in [0.25, 0.3) is 5.69 Å². The van der Waals surface area contributed by atoms with Crippen molar-refractivity contribution in [3.05, 3.63) is 49.0 Å². The molecule has 1 heterocycles. The molecule has 6 nitrogen and oxygen atoms in total. The third-order valence-electron chi connectivity index (χ3n) is 2.57. The number of nitro groups is 1. The maximum atomic E-state index is 11.0. The predicted molar refractivity (Wildman–Crippen MR) is 92.5 cm³/mol. The second-order valence-electron chi connectivity index (χ2n) is 4.13. The lowest BCUT2D eigenvalue weighted by atomic mass is 10.3. The first-order valence-corrected chi connectivity index (χ1v) is 7.57. The number of halogens is 2. The molecule has 2 rings (SSSR count). The Balaban J connectivity index is 2.36. The highest BCUT2D eigenvalue weighted by molar-refractivity contribution is 14.1. The van der Waals surface area contributed by atoms with Gasteiger partial charge in [-0.3, -0.25) is 10.1 Å². The smallest absolute Gasteiger partial charge is 0.276 e. The second-order valence-corrected chi connectivity index (χ2v) is 5.79. The standard InChI is InChI=1S/C13H12ClIN4O2/c1-2-16-12-6-9(19(20)21)7-13(18-12)17-11-4-3-8(15)5-10(11)14/h3-7H,2H2,1H3,(H2,16,17,18). The van der Waals surface area contributed by atoms with Gasteiger partial charge in [0.2, 0.25) is 0 Å². The number of aromatic nitrogens is 1. The van der Waals surface area contributed by atoms with E-state index in [4.69, 9.17) is 11.6 Å². The van der Waals surface area contributed by atoms with E-state index in [-0.39, 0.29) is 5.69 Å². The van der Waals surface area contributed by atoms with Crippen molar-refractivity contribution in [2.45, 2.75) is 6.92 Å².